The maximum atomic E-state index is 5.39. The van der Waals surface area contributed by atoms with Crippen LogP contribution in [0.15, 0.2) is 48.5 Å². The van der Waals surface area contributed by atoms with Crippen LogP contribution in [-0.2, 0) is 0 Å². The van der Waals surface area contributed by atoms with Gasteiger partial charge in [-0.1, -0.05) is 18.2 Å². The zero-order valence-electron chi connectivity index (χ0n) is 15.7. The second-order valence-electron chi connectivity index (χ2n) is 5.75. The van der Waals surface area contributed by atoms with E-state index in [0.29, 0.717) is 29.0 Å². The smallest absolute Gasteiger partial charge is 0.229 e. The lowest BCUT2D eigenvalue weighted by Crippen LogP contribution is -2.03. The van der Waals surface area contributed by atoms with Gasteiger partial charge in [-0.15, -0.1) is 0 Å². The highest BCUT2D eigenvalue weighted by Crippen LogP contribution is 2.40. The first-order valence-corrected chi connectivity index (χ1v) is 8.37. The summed E-state index contributed by atoms with van der Waals surface area (Å²) in [5.41, 5.74) is 2.51. The van der Waals surface area contributed by atoms with Crippen LogP contribution < -0.4 is 24.8 Å². The highest BCUT2D eigenvalue weighted by atomic mass is 16.5. The van der Waals surface area contributed by atoms with Gasteiger partial charge in [0.25, 0.3) is 0 Å². The molecule has 2 N–H and O–H groups in total. The number of nitrogens with zero attached hydrogens (tertiary/aromatic N) is 2. The second-order valence-corrected chi connectivity index (χ2v) is 5.75. The van der Waals surface area contributed by atoms with Gasteiger partial charge in [-0.2, -0.15) is 4.98 Å². The first kappa shape index (κ1) is 18.3. The molecule has 27 heavy (non-hydrogen) atoms. The van der Waals surface area contributed by atoms with Crippen LogP contribution in [0, 0.1) is 6.92 Å². The lowest BCUT2D eigenvalue weighted by Gasteiger charge is -2.15. The first-order valence-electron chi connectivity index (χ1n) is 8.37. The van der Waals surface area contributed by atoms with Crippen molar-refractivity contribution in [2.24, 2.45) is 0 Å². The first-order chi connectivity index (χ1) is 13.1. The molecule has 0 aliphatic heterocycles. The number of aryl methyl sites for hydroxylation is 1. The summed E-state index contributed by atoms with van der Waals surface area (Å²) in [6.07, 6.45) is 0. The van der Waals surface area contributed by atoms with Gasteiger partial charge < -0.3 is 24.8 Å². The standard InChI is InChI=1S/C20H22N4O3/c1-13-10-18(24-20(21-13)23-14-8-6-5-7-9-14)22-15-11-16(25-2)19(27-4)17(12-15)26-3/h5-12H,1-4H3,(H2,21,22,23,24). The summed E-state index contributed by atoms with van der Waals surface area (Å²) in [7, 11) is 4.73. The molecule has 1 aromatic heterocycles. The lowest BCUT2D eigenvalue weighted by atomic mass is 10.2. The number of benzene rings is 2. The van der Waals surface area contributed by atoms with Gasteiger partial charge in [-0.25, -0.2) is 4.98 Å². The van der Waals surface area contributed by atoms with Crippen LogP contribution in [0.5, 0.6) is 17.2 Å². The number of nitrogens with one attached hydrogen (secondary N) is 2. The molecule has 0 aliphatic carbocycles. The Morgan fingerprint density at radius 3 is 2.00 bits per heavy atom. The van der Waals surface area contributed by atoms with Crippen LogP contribution >= 0.6 is 0 Å². The largest absolute Gasteiger partial charge is 0.493 e. The summed E-state index contributed by atoms with van der Waals surface area (Å²) in [5.74, 6) is 2.82. The number of para-hydroxylation sites is 1. The van der Waals surface area contributed by atoms with Crippen LogP contribution in [0.4, 0.5) is 23.1 Å². The molecule has 0 radical (unpaired) electrons. The van der Waals surface area contributed by atoms with Crippen LogP contribution in [0.1, 0.15) is 5.69 Å². The van der Waals surface area contributed by atoms with Crippen molar-refractivity contribution < 1.29 is 14.2 Å². The molecule has 7 nitrogen and oxygen atoms in total. The molecule has 0 spiro atoms. The van der Waals surface area contributed by atoms with Crippen molar-refractivity contribution in [3.8, 4) is 17.2 Å². The van der Waals surface area contributed by atoms with E-state index in [1.165, 1.54) is 0 Å². The van der Waals surface area contributed by atoms with Crippen LogP contribution in [0.2, 0.25) is 0 Å². The van der Waals surface area contributed by atoms with Crippen molar-refractivity contribution in [3.63, 3.8) is 0 Å². The Kier molecular flexibility index (Phi) is 5.61. The van der Waals surface area contributed by atoms with Gasteiger partial charge in [0.2, 0.25) is 11.7 Å². The summed E-state index contributed by atoms with van der Waals surface area (Å²) in [6, 6.07) is 15.3. The highest BCUT2D eigenvalue weighted by molar-refractivity contribution is 5.67. The number of hydrogen-bond acceptors (Lipinski definition) is 7. The van der Waals surface area contributed by atoms with Crippen LogP contribution in [0.25, 0.3) is 0 Å². The molecule has 7 heteroatoms. The number of hydrogen-bond donors (Lipinski definition) is 2. The molecule has 0 atom stereocenters. The zero-order valence-corrected chi connectivity index (χ0v) is 15.7. The maximum Gasteiger partial charge on any atom is 0.229 e. The van der Waals surface area contributed by atoms with Crippen molar-refractivity contribution in [1.82, 2.24) is 9.97 Å². The topological polar surface area (TPSA) is 77.5 Å². The van der Waals surface area contributed by atoms with Gasteiger partial charge in [0.15, 0.2) is 11.5 Å². The summed E-state index contributed by atoms with van der Waals surface area (Å²) in [5, 5.41) is 6.47. The van der Waals surface area contributed by atoms with Crippen molar-refractivity contribution in [1.29, 1.82) is 0 Å². The Morgan fingerprint density at radius 2 is 1.41 bits per heavy atom. The van der Waals surface area contributed by atoms with E-state index in [0.717, 1.165) is 17.1 Å². The van der Waals surface area contributed by atoms with E-state index in [4.69, 9.17) is 14.2 Å². The fourth-order valence-corrected chi connectivity index (χ4v) is 2.64. The molecule has 0 fully saturated rings. The average molecular weight is 366 g/mol. The van der Waals surface area contributed by atoms with E-state index < -0.39 is 0 Å². The third-order valence-corrected chi connectivity index (χ3v) is 3.82. The second kappa shape index (κ2) is 8.27. The molecule has 0 amide bonds. The molecule has 3 aromatic rings. The van der Waals surface area contributed by atoms with Gasteiger partial charge >= 0.3 is 0 Å². The van der Waals surface area contributed by atoms with Crippen molar-refractivity contribution in [3.05, 3.63) is 54.2 Å². The molecule has 0 saturated carbocycles. The minimum atomic E-state index is 0.510. The number of rotatable bonds is 7. The number of ether oxygens (including phenoxy) is 3. The SMILES string of the molecule is COc1cc(Nc2cc(C)nc(Nc3ccccc3)n2)cc(OC)c1OC. The van der Waals surface area contributed by atoms with E-state index in [2.05, 4.69) is 20.6 Å². The fourth-order valence-electron chi connectivity index (χ4n) is 2.64. The van der Waals surface area contributed by atoms with Crippen molar-refractivity contribution in [2.45, 2.75) is 6.92 Å². The molecule has 1 heterocycles. The minimum Gasteiger partial charge on any atom is -0.493 e. The van der Waals surface area contributed by atoms with E-state index >= 15 is 0 Å². The Bertz CT molecular complexity index is 891. The molecule has 0 bridgehead atoms. The third-order valence-electron chi connectivity index (χ3n) is 3.82. The van der Waals surface area contributed by atoms with Gasteiger partial charge in [0.05, 0.1) is 21.3 Å². The van der Waals surface area contributed by atoms with E-state index in [1.807, 2.05) is 55.5 Å². The normalized spacial score (nSPS) is 10.2. The summed E-state index contributed by atoms with van der Waals surface area (Å²) in [6.45, 7) is 1.91. The molecule has 0 aliphatic rings. The Hall–Kier alpha value is -3.48. The van der Waals surface area contributed by atoms with Crippen LogP contribution in [-0.4, -0.2) is 31.3 Å². The Morgan fingerprint density at radius 1 is 0.741 bits per heavy atom. The molecule has 0 unspecified atom stereocenters. The van der Waals surface area contributed by atoms with Crippen molar-refractivity contribution >= 4 is 23.1 Å². The molecule has 140 valence electrons. The van der Waals surface area contributed by atoms with Gasteiger partial charge in [-0.3, -0.25) is 0 Å². The summed E-state index contributed by atoms with van der Waals surface area (Å²) in [4.78, 5) is 8.97. The van der Waals surface area contributed by atoms with Gasteiger partial charge in [0, 0.05) is 35.3 Å². The molecule has 0 saturated heterocycles. The highest BCUT2D eigenvalue weighted by Gasteiger charge is 2.14. The molecular weight excluding hydrogens is 344 g/mol. The predicted octanol–water partition coefficient (Wildman–Crippen LogP) is 4.30. The fraction of sp³-hybridized carbons (Fsp3) is 0.200. The minimum absolute atomic E-state index is 0.510. The van der Waals surface area contributed by atoms with Gasteiger partial charge in [0.1, 0.15) is 5.82 Å². The maximum absolute atomic E-state index is 5.39. The Labute approximate surface area is 158 Å². The molecule has 3 rings (SSSR count). The van der Waals surface area contributed by atoms with E-state index in [9.17, 15) is 0 Å². The monoisotopic (exact) mass is 366 g/mol. The quantitative estimate of drug-likeness (QED) is 0.645. The predicted molar refractivity (Wildman–Crippen MR) is 106 cm³/mol. The van der Waals surface area contributed by atoms with Gasteiger partial charge in [-0.05, 0) is 19.1 Å². The number of aromatic nitrogens is 2. The summed E-state index contributed by atoms with van der Waals surface area (Å²) >= 11 is 0. The zero-order chi connectivity index (χ0) is 19.2. The molecule has 2 aromatic carbocycles. The van der Waals surface area contributed by atoms with Crippen LogP contribution in [0.3, 0.4) is 0 Å². The number of anilines is 4. The Balaban J connectivity index is 1.89. The van der Waals surface area contributed by atoms with E-state index in [-0.39, 0.29) is 0 Å². The number of methoxy groups -OCH3 is 3. The third kappa shape index (κ3) is 4.38. The van der Waals surface area contributed by atoms with Crippen molar-refractivity contribution in [2.75, 3.05) is 32.0 Å². The lowest BCUT2D eigenvalue weighted by molar-refractivity contribution is 0.324. The van der Waals surface area contributed by atoms with E-state index in [1.54, 1.807) is 21.3 Å². The molecular formula is C20H22N4O3. The summed E-state index contributed by atoms with van der Waals surface area (Å²) < 4.78 is 16.1. The average Bonchev–Trinajstić information content (AvgIpc) is 2.67.